The van der Waals surface area contributed by atoms with Gasteiger partial charge in [-0.15, -0.1) is 0 Å². The Bertz CT molecular complexity index is 2010. The average Bonchev–Trinajstić information content (AvgIpc) is 3.18. The first kappa shape index (κ1) is 40.5. The highest BCUT2D eigenvalue weighted by Gasteiger charge is 2.32. The summed E-state index contributed by atoms with van der Waals surface area (Å²) >= 11 is 0. The Morgan fingerprint density at radius 2 is 0.929 bits per heavy atom. The van der Waals surface area contributed by atoms with E-state index in [0.29, 0.717) is 12.8 Å². The normalized spacial score (nSPS) is 19.7. The maximum atomic E-state index is 14.0. The van der Waals surface area contributed by atoms with Crippen LogP contribution in [-0.4, -0.2) is 85.3 Å². The molecule has 16 heteroatoms. The molecule has 4 aromatic rings. The van der Waals surface area contributed by atoms with Crippen LogP contribution in [0.1, 0.15) is 36.8 Å². The summed E-state index contributed by atoms with van der Waals surface area (Å²) in [5.74, 6) is -3.48. The number of guanidine groups is 2. The number of nitrogens with one attached hydrogen (secondary N) is 5. The van der Waals surface area contributed by atoms with Crippen molar-refractivity contribution in [2.24, 2.45) is 32.9 Å². The van der Waals surface area contributed by atoms with Crippen LogP contribution < -0.4 is 49.5 Å². The molecular weight excluding hydrogens is 715 g/mol. The minimum atomic E-state index is -1.15. The number of amides is 5. The van der Waals surface area contributed by atoms with Crippen molar-refractivity contribution in [2.75, 3.05) is 19.6 Å². The minimum Gasteiger partial charge on any atom is -0.370 e. The third-order valence-corrected chi connectivity index (χ3v) is 9.37. The molecule has 294 valence electrons. The maximum Gasteiger partial charge on any atom is 0.243 e. The summed E-state index contributed by atoms with van der Waals surface area (Å²) in [6, 6.07) is 22.3. The molecule has 0 saturated carbocycles. The van der Waals surface area contributed by atoms with Crippen LogP contribution in [-0.2, 0) is 36.8 Å². The highest BCUT2D eigenvalue weighted by molar-refractivity contribution is 5.97. The van der Waals surface area contributed by atoms with Gasteiger partial charge in [0.25, 0.3) is 0 Å². The van der Waals surface area contributed by atoms with E-state index in [2.05, 4.69) is 36.6 Å². The maximum absolute atomic E-state index is 14.0. The lowest BCUT2D eigenvalue weighted by molar-refractivity contribution is -0.134. The molecule has 4 atom stereocenters. The number of benzene rings is 4. The van der Waals surface area contributed by atoms with Gasteiger partial charge in [0.05, 0.1) is 6.54 Å². The van der Waals surface area contributed by atoms with E-state index in [4.69, 9.17) is 22.9 Å². The number of aliphatic imine (C=N–C) groups is 2. The Kier molecular flexibility index (Phi) is 14.1. The smallest absolute Gasteiger partial charge is 0.243 e. The molecular formula is C40H49N11O5. The van der Waals surface area contributed by atoms with E-state index in [-0.39, 0.29) is 50.7 Å². The topological polar surface area (TPSA) is 274 Å². The highest BCUT2D eigenvalue weighted by Crippen LogP contribution is 2.19. The van der Waals surface area contributed by atoms with Gasteiger partial charge in [0.2, 0.25) is 29.5 Å². The number of carbonyl (C=O) groups is 5. The van der Waals surface area contributed by atoms with E-state index in [9.17, 15) is 24.0 Å². The van der Waals surface area contributed by atoms with Gasteiger partial charge in [-0.2, -0.15) is 0 Å². The predicted molar refractivity (Wildman–Crippen MR) is 216 cm³/mol. The zero-order chi connectivity index (χ0) is 40.0. The zero-order valence-electron chi connectivity index (χ0n) is 31.0. The summed E-state index contributed by atoms with van der Waals surface area (Å²) in [6.07, 6.45) is 0.945. The molecule has 0 unspecified atom stereocenters. The molecule has 1 fully saturated rings. The van der Waals surface area contributed by atoms with Gasteiger partial charge in [0.1, 0.15) is 24.2 Å². The number of rotatable bonds is 12. The zero-order valence-corrected chi connectivity index (χ0v) is 31.0. The van der Waals surface area contributed by atoms with Gasteiger partial charge in [-0.25, -0.2) is 0 Å². The van der Waals surface area contributed by atoms with Crippen LogP contribution in [0.5, 0.6) is 0 Å². The monoisotopic (exact) mass is 763 g/mol. The van der Waals surface area contributed by atoms with Gasteiger partial charge in [0.15, 0.2) is 11.9 Å². The van der Waals surface area contributed by atoms with Crippen molar-refractivity contribution in [3.8, 4) is 0 Å². The van der Waals surface area contributed by atoms with Gasteiger partial charge in [-0.1, -0.05) is 84.9 Å². The van der Waals surface area contributed by atoms with Crippen LogP contribution in [0.3, 0.4) is 0 Å². The lowest BCUT2D eigenvalue weighted by Gasteiger charge is -2.26. The molecule has 0 spiro atoms. The molecule has 0 bridgehead atoms. The largest absolute Gasteiger partial charge is 0.370 e. The number of carbonyl (C=O) groups excluding carboxylic acids is 5. The van der Waals surface area contributed by atoms with Crippen molar-refractivity contribution in [2.45, 2.75) is 62.7 Å². The Hall–Kier alpha value is -6.71. The molecule has 16 nitrogen and oxygen atoms in total. The summed E-state index contributed by atoms with van der Waals surface area (Å²) in [7, 11) is 0. The highest BCUT2D eigenvalue weighted by atomic mass is 16.2. The second kappa shape index (κ2) is 19.6. The van der Waals surface area contributed by atoms with Crippen molar-refractivity contribution in [1.82, 2.24) is 26.6 Å². The van der Waals surface area contributed by atoms with E-state index < -0.39 is 60.2 Å². The van der Waals surface area contributed by atoms with Crippen LogP contribution in [0.2, 0.25) is 0 Å². The molecule has 56 heavy (non-hydrogen) atoms. The van der Waals surface area contributed by atoms with Crippen molar-refractivity contribution in [3.05, 3.63) is 96.1 Å². The first-order valence-corrected chi connectivity index (χ1v) is 18.5. The fourth-order valence-corrected chi connectivity index (χ4v) is 6.52. The molecule has 5 rings (SSSR count). The number of nitrogens with two attached hydrogens (primary N) is 4. The third kappa shape index (κ3) is 11.9. The molecule has 0 aliphatic carbocycles. The molecule has 1 heterocycles. The van der Waals surface area contributed by atoms with Gasteiger partial charge in [-0.05, 0) is 58.4 Å². The van der Waals surface area contributed by atoms with Crippen molar-refractivity contribution in [3.63, 3.8) is 0 Å². The Labute approximate surface area is 324 Å². The molecule has 4 aromatic carbocycles. The van der Waals surface area contributed by atoms with E-state index in [0.717, 1.165) is 32.7 Å². The van der Waals surface area contributed by atoms with E-state index in [1.165, 1.54) is 0 Å². The first-order valence-electron chi connectivity index (χ1n) is 18.5. The second-order valence-corrected chi connectivity index (χ2v) is 13.7. The average molecular weight is 764 g/mol. The Morgan fingerprint density at radius 1 is 0.518 bits per heavy atom. The molecule has 0 aromatic heterocycles. The number of hydrogen-bond donors (Lipinski definition) is 9. The van der Waals surface area contributed by atoms with Gasteiger partial charge in [0, 0.05) is 25.9 Å². The molecule has 1 aliphatic rings. The second-order valence-electron chi connectivity index (χ2n) is 13.7. The van der Waals surface area contributed by atoms with Gasteiger partial charge < -0.3 is 49.5 Å². The molecule has 13 N–H and O–H groups in total. The van der Waals surface area contributed by atoms with Crippen LogP contribution in [0.15, 0.2) is 94.9 Å². The first-order chi connectivity index (χ1) is 26.9. The Morgan fingerprint density at radius 3 is 1.39 bits per heavy atom. The fraction of sp³-hybridized carbons (Fsp3) is 0.325. The SMILES string of the molecule is NC(N)=NCCC[C@@H]1NC(=O)[C@@H](CCCN=C(N)N)NC(=O)[C@@H](Cc2ccc3ccccc3c2)NC(=O)CNC(=O)[C@H](Cc2ccc3ccccc3c2)NC1=O. The number of nitrogens with zero attached hydrogens (tertiary/aromatic N) is 2. The standard InChI is InChI=1S/C40H49N11O5/c41-39(42)45-17-5-11-30-36(54)49-31(12-6-18-46-40(43)44)37(55)51-32(21-24-13-15-26-7-1-3-9-28(26)19-24)35(53)47-23-34(52)48-33(38(56)50-30)22-25-14-16-27-8-2-4-10-29(27)20-25/h1-4,7-10,13-16,19-20,30-33H,5-6,11-12,17-18,21-23H2,(H,47,53)(H,48,52)(H,49,54)(H,50,56)(H,51,55)(H4,41,42,45)(H4,43,44,46)/t30-,31+,32+,33-/m1/s1. The quantitative estimate of drug-likeness (QED) is 0.0531. The van der Waals surface area contributed by atoms with Gasteiger partial charge in [-0.3, -0.25) is 34.0 Å². The summed E-state index contributed by atoms with van der Waals surface area (Å²) in [4.78, 5) is 77.2. The molecule has 5 amide bonds. The third-order valence-electron chi connectivity index (χ3n) is 9.37. The minimum absolute atomic E-state index is 0.0801. The lowest BCUT2D eigenvalue weighted by atomic mass is 10.00. The van der Waals surface area contributed by atoms with Crippen LogP contribution in [0.25, 0.3) is 21.5 Å². The molecule has 1 saturated heterocycles. The fourth-order valence-electron chi connectivity index (χ4n) is 6.52. The summed E-state index contributed by atoms with van der Waals surface area (Å²) in [5.41, 5.74) is 23.5. The number of hydrogen-bond acceptors (Lipinski definition) is 7. The summed E-state index contributed by atoms with van der Waals surface area (Å²) in [6.45, 7) is -0.136. The van der Waals surface area contributed by atoms with Gasteiger partial charge >= 0.3 is 0 Å². The molecule has 1 aliphatic heterocycles. The van der Waals surface area contributed by atoms with Crippen molar-refractivity contribution in [1.29, 1.82) is 0 Å². The molecule has 0 radical (unpaired) electrons. The number of fused-ring (bicyclic) bond motifs is 2. The Balaban J connectivity index is 1.47. The van der Waals surface area contributed by atoms with Crippen LogP contribution in [0.4, 0.5) is 0 Å². The van der Waals surface area contributed by atoms with Crippen LogP contribution >= 0.6 is 0 Å². The summed E-state index contributed by atoms with van der Waals surface area (Å²) < 4.78 is 0. The lowest BCUT2D eigenvalue weighted by Crippen LogP contribution is -2.58. The van der Waals surface area contributed by atoms with Crippen LogP contribution in [0, 0.1) is 0 Å². The summed E-state index contributed by atoms with van der Waals surface area (Å²) in [5, 5.41) is 17.6. The van der Waals surface area contributed by atoms with E-state index in [1.54, 1.807) is 0 Å². The van der Waals surface area contributed by atoms with Crippen molar-refractivity contribution >= 4 is 63.0 Å². The van der Waals surface area contributed by atoms with E-state index in [1.807, 2.05) is 84.9 Å². The van der Waals surface area contributed by atoms with Crippen molar-refractivity contribution < 1.29 is 24.0 Å². The van der Waals surface area contributed by atoms with E-state index >= 15 is 0 Å². The predicted octanol–water partition coefficient (Wildman–Crippen LogP) is -0.0456.